The number of rotatable bonds is 1. The summed E-state index contributed by atoms with van der Waals surface area (Å²) in [5, 5.41) is 10.4. The Morgan fingerprint density at radius 1 is 1.44 bits per heavy atom. The smallest absolute Gasteiger partial charge is 0.317 e. The van der Waals surface area contributed by atoms with Gasteiger partial charge in [0.15, 0.2) is 0 Å². The van der Waals surface area contributed by atoms with Crippen molar-refractivity contribution in [2.45, 2.75) is 13.1 Å². The van der Waals surface area contributed by atoms with Crippen LogP contribution < -0.4 is 5.32 Å². The minimum Gasteiger partial charge on any atom is -0.317 e. The number of alkyl halides is 3. The van der Waals surface area contributed by atoms with Crippen LogP contribution in [0.5, 0.6) is 0 Å². The van der Waals surface area contributed by atoms with Crippen LogP contribution in [-0.2, 0) is 4.79 Å². The van der Waals surface area contributed by atoms with Crippen molar-refractivity contribution in [3.8, 4) is 6.07 Å². The van der Waals surface area contributed by atoms with E-state index in [2.05, 4.69) is 0 Å². The molecule has 84 valence electrons. The van der Waals surface area contributed by atoms with Crippen molar-refractivity contribution in [2.75, 3.05) is 5.32 Å². The highest BCUT2D eigenvalue weighted by atomic mass is 19.4. The summed E-state index contributed by atoms with van der Waals surface area (Å²) in [6, 6.07) is 6.02. The Morgan fingerprint density at radius 2 is 2.06 bits per heavy atom. The number of anilines is 1. The van der Waals surface area contributed by atoms with Gasteiger partial charge in [-0.1, -0.05) is 12.1 Å². The molecule has 0 unspecified atom stereocenters. The standard InChI is InChI=1S/C10H7F3N2O/c1-6-3-2-4-8(7(6)5-14)15-9(16)10(11,12)13/h2-4H,1H3,(H,15,16). The second-order valence-corrected chi connectivity index (χ2v) is 3.06. The number of amides is 1. The normalized spacial score (nSPS) is 10.7. The number of hydrogen-bond acceptors (Lipinski definition) is 2. The first-order valence-corrected chi connectivity index (χ1v) is 4.24. The molecule has 0 saturated carbocycles. The summed E-state index contributed by atoms with van der Waals surface area (Å²) in [5.41, 5.74) is 0.396. The molecule has 0 saturated heterocycles. The molecule has 1 N–H and O–H groups in total. The molecular formula is C10H7F3N2O. The summed E-state index contributed by atoms with van der Waals surface area (Å²) in [6.07, 6.45) is -4.96. The maximum Gasteiger partial charge on any atom is 0.471 e. The lowest BCUT2D eigenvalue weighted by molar-refractivity contribution is -0.167. The zero-order valence-electron chi connectivity index (χ0n) is 8.22. The number of nitriles is 1. The molecule has 1 aromatic rings. The molecule has 1 aromatic carbocycles. The van der Waals surface area contributed by atoms with Crippen LogP contribution in [0.1, 0.15) is 11.1 Å². The van der Waals surface area contributed by atoms with E-state index >= 15 is 0 Å². The van der Waals surface area contributed by atoms with Crippen LogP contribution in [0.3, 0.4) is 0 Å². The van der Waals surface area contributed by atoms with Crippen molar-refractivity contribution in [1.29, 1.82) is 5.26 Å². The van der Waals surface area contributed by atoms with Crippen molar-refractivity contribution >= 4 is 11.6 Å². The van der Waals surface area contributed by atoms with Gasteiger partial charge in [-0.25, -0.2) is 0 Å². The number of nitrogens with zero attached hydrogens (tertiary/aromatic N) is 1. The Bertz CT molecular complexity index is 460. The summed E-state index contributed by atoms with van der Waals surface area (Å²) in [7, 11) is 0. The summed E-state index contributed by atoms with van der Waals surface area (Å²) >= 11 is 0. The van der Waals surface area contributed by atoms with Crippen LogP contribution in [-0.4, -0.2) is 12.1 Å². The van der Waals surface area contributed by atoms with Gasteiger partial charge in [0.2, 0.25) is 0 Å². The van der Waals surface area contributed by atoms with Crippen LogP contribution in [0.25, 0.3) is 0 Å². The molecule has 0 spiro atoms. The van der Waals surface area contributed by atoms with Crippen LogP contribution in [0, 0.1) is 18.3 Å². The highest BCUT2D eigenvalue weighted by molar-refractivity contribution is 5.96. The Morgan fingerprint density at radius 3 is 2.56 bits per heavy atom. The molecule has 0 aliphatic heterocycles. The lowest BCUT2D eigenvalue weighted by Gasteiger charge is -2.10. The van der Waals surface area contributed by atoms with E-state index in [4.69, 9.17) is 5.26 Å². The van der Waals surface area contributed by atoms with Crippen LogP contribution in [0.15, 0.2) is 18.2 Å². The third-order valence-electron chi connectivity index (χ3n) is 1.89. The van der Waals surface area contributed by atoms with Gasteiger partial charge in [0.05, 0.1) is 11.3 Å². The molecule has 0 aliphatic rings. The zero-order valence-corrected chi connectivity index (χ0v) is 8.22. The SMILES string of the molecule is Cc1cccc(NC(=O)C(F)(F)F)c1C#N. The molecule has 1 amide bonds. The van der Waals surface area contributed by atoms with Gasteiger partial charge >= 0.3 is 12.1 Å². The van der Waals surface area contributed by atoms with Crippen molar-refractivity contribution < 1.29 is 18.0 Å². The Kier molecular flexibility index (Phi) is 3.18. The van der Waals surface area contributed by atoms with Gasteiger partial charge in [-0.05, 0) is 18.6 Å². The first kappa shape index (κ1) is 12.0. The van der Waals surface area contributed by atoms with Gasteiger partial charge in [0.25, 0.3) is 0 Å². The fourth-order valence-corrected chi connectivity index (χ4v) is 1.11. The Balaban J connectivity index is 3.04. The third-order valence-corrected chi connectivity index (χ3v) is 1.89. The summed E-state index contributed by atoms with van der Waals surface area (Å²) in [5.74, 6) is -2.09. The maximum absolute atomic E-state index is 12.0. The molecule has 16 heavy (non-hydrogen) atoms. The first-order chi connectivity index (χ1) is 7.36. The van der Waals surface area contributed by atoms with Crippen molar-refractivity contribution in [3.05, 3.63) is 29.3 Å². The second-order valence-electron chi connectivity index (χ2n) is 3.06. The van der Waals surface area contributed by atoms with Gasteiger partial charge in [-0.3, -0.25) is 4.79 Å². The predicted octanol–water partition coefficient (Wildman–Crippen LogP) is 2.37. The minimum absolute atomic E-state index is 0.0279. The minimum atomic E-state index is -4.96. The number of carbonyl (C=O) groups is 1. The first-order valence-electron chi connectivity index (χ1n) is 4.24. The lowest BCUT2D eigenvalue weighted by Crippen LogP contribution is -2.30. The molecule has 0 bridgehead atoms. The van der Waals surface area contributed by atoms with E-state index in [1.54, 1.807) is 24.4 Å². The number of benzene rings is 1. The monoisotopic (exact) mass is 228 g/mol. The average Bonchev–Trinajstić information content (AvgIpc) is 2.16. The number of carbonyl (C=O) groups excluding carboxylic acids is 1. The molecule has 0 aromatic heterocycles. The second kappa shape index (κ2) is 4.23. The highest BCUT2D eigenvalue weighted by Gasteiger charge is 2.39. The third kappa shape index (κ3) is 2.51. The van der Waals surface area contributed by atoms with E-state index < -0.39 is 12.1 Å². The van der Waals surface area contributed by atoms with E-state index in [0.29, 0.717) is 5.56 Å². The Labute approximate surface area is 89.5 Å². The number of hydrogen-bond donors (Lipinski definition) is 1. The van der Waals surface area contributed by atoms with Gasteiger partial charge in [-0.15, -0.1) is 0 Å². The largest absolute Gasteiger partial charge is 0.471 e. The van der Waals surface area contributed by atoms with E-state index in [9.17, 15) is 18.0 Å². The average molecular weight is 228 g/mol. The summed E-state index contributed by atoms with van der Waals surface area (Å²) in [6.45, 7) is 1.57. The quantitative estimate of drug-likeness (QED) is 0.802. The molecule has 0 aliphatic carbocycles. The highest BCUT2D eigenvalue weighted by Crippen LogP contribution is 2.22. The van der Waals surface area contributed by atoms with Gasteiger partial charge in [0, 0.05) is 0 Å². The van der Waals surface area contributed by atoms with Gasteiger partial charge in [0.1, 0.15) is 6.07 Å². The summed E-state index contributed by atoms with van der Waals surface area (Å²) < 4.78 is 35.9. The number of aryl methyl sites for hydroxylation is 1. The predicted molar refractivity (Wildman–Crippen MR) is 50.6 cm³/mol. The van der Waals surface area contributed by atoms with E-state index in [1.807, 2.05) is 0 Å². The molecule has 6 heteroatoms. The van der Waals surface area contributed by atoms with E-state index in [0.717, 1.165) is 0 Å². The van der Waals surface area contributed by atoms with Gasteiger partial charge < -0.3 is 5.32 Å². The van der Waals surface area contributed by atoms with Crippen molar-refractivity contribution in [2.24, 2.45) is 0 Å². The molecular weight excluding hydrogens is 221 g/mol. The molecule has 0 radical (unpaired) electrons. The zero-order chi connectivity index (χ0) is 12.3. The fourth-order valence-electron chi connectivity index (χ4n) is 1.11. The fraction of sp³-hybridized carbons (Fsp3) is 0.200. The Hall–Kier alpha value is -2.03. The molecule has 0 heterocycles. The van der Waals surface area contributed by atoms with Crippen LogP contribution in [0.2, 0.25) is 0 Å². The van der Waals surface area contributed by atoms with Crippen LogP contribution >= 0.6 is 0 Å². The maximum atomic E-state index is 12.0. The summed E-state index contributed by atoms with van der Waals surface area (Å²) in [4.78, 5) is 10.7. The van der Waals surface area contributed by atoms with Crippen molar-refractivity contribution in [3.63, 3.8) is 0 Å². The van der Waals surface area contributed by atoms with Crippen molar-refractivity contribution in [1.82, 2.24) is 0 Å². The van der Waals surface area contributed by atoms with E-state index in [-0.39, 0.29) is 11.3 Å². The molecule has 1 rings (SSSR count). The molecule has 3 nitrogen and oxygen atoms in total. The van der Waals surface area contributed by atoms with Gasteiger partial charge in [-0.2, -0.15) is 18.4 Å². The number of nitrogens with one attached hydrogen (secondary N) is 1. The number of halogens is 3. The molecule has 0 atom stereocenters. The van der Waals surface area contributed by atoms with E-state index in [1.165, 1.54) is 12.1 Å². The lowest BCUT2D eigenvalue weighted by atomic mass is 10.1. The topological polar surface area (TPSA) is 52.9 Å². The molecule has 0 fully saturated rings. The van der Waals surface area contributed by atoms with Crippen LogP contribution in [0.4, 0.5) is 18.9 Å².